The first kappa shape index (κ1) is 23.2. The van der Waals surface area contributed by atoms with E-state index in [0.717, 1.165) is 50.6 Å². The molecule has 2 fully saturated rings. The van der Waals surface area contributed by atoms with Crippen molar-refractivity contribution >= 4 is 11.8 Å². The Bertz CT molecular complexity index is 480. The van der Waals surface area contributed by atoms with Crippen molar-refractivity contribution in [3.05, 3.63) is 0 Å². The van der Waals surface area contributed by atoms with E-state index in [-0.39, 0.29) is 23.7 Å². The molecule has 28 heavy (non-hydrogen) atoms. The maximum atomic E-state index is 13.3. The van der Waals surface area contributed by atoms with Crippen LogP contribution in [0.15, 0.2) is 0 Å². The van der Waals surface area contributed by atoms with Crippen LogP contribution in [0.25, 0.3) is 0 Å². The number of primary amides is 1. The van der Waals surface area contributed by atoms with Gasteiger partial charge in [0, 0.05) is 24.9 Å². The highest BCUT2D eigenvalue weighted by Crippen LogP contribution is 2.31. The topological polar surface area (TPSA) is 75.4 Å². The zero-order chi connectivity index (χ0) is 20.5. The fraction of sp³-hybridized carbons (Fsp3) is 0.913. The van der Waals surface area contributed by atoms with E-state index in [4.69, 9.17) is 5.73 Å². The monoisotopic (exact) mass is 393 g/mol. The number of piperidine rings is 2. The van der Waals surface area contributed by atoms with Crippen molar-refractivity contribution in [2.75, 3.05) is 26.2 Å². The largest absolute Gasteiger partial charge is 0.369 e. The molecule has 2 rings (SSSR count). The Kier molecular flexibility index (Phi) is 9.76. The zero-order valence-corrected chi connectivity index (χ0v) is 18.4. The molecule has 0 radical (unpaired) electrons. The van der Waals surface area contributed by atoms with E-state index in [0.29, 0.717) is 12.3 Å². The molecule has 0 aromatic rings. The molecule has 162 valence electrons. The van der Waals surface area contributed by atoms with Crippen LogP contribution in [0.5, 0.6) is 0 Å². The third-order valence-corrected chi connectivity index (χ3v) is 6.86. The fourth-order valence-electron chi connectivity index (χ4n) is 5.12. The Morgan fingerprint density at radius 2 is 1.57 bits per heavy atom. The van der Waals surface area contributed by atoms with E-state index < -0.39 is 0 Å². The number of nitrogens with zero attached hydrogens (tertiary/aromatic N) is 1. The lowest BCUT2D eigenvalue weighted by molar-refractivity contribution is -0.143. The lowest BCUT2D eigenvalue weighted by Crippen LogP contribution is -2.46. The molecule has 2 atom stereocenters. The van der Waals surface area contributed by atoms with Gasteiger partial charge in [-0.2, -0.15) is 0 Å². The van der Waals surface area contributed by atoms with E-state index >= 15 is 0 Å². The molecule has 0 spiro atoms. The minimum Gasteiger partial charge on any atom is -0.369 e. The summed E-state index contributed by atoms with van der Waals surface area (Å²) in [5.74, 6) is 1.32. The quantitative estimate of drug-likeness (QED) is 0.596. The Labute approximate surface area is 172 Å². The number of nitrogens with one attached hydrogen (secondary N) is 1. The van der Waals surface area contributed by atoms with Crippen LogP contribution in [0.4, 0.5) is 0 Å². The number of hydrogen-bond acceptors (Lipinski definition) is 3. The Balaban J connectivity index is 1.86. The van der Waals surface area contributed by atoms with Crippen LogP contribution < -0.4 is 11.1 Å². The highest BCUT2D eigenvalue weighted by molar-refractivity contribution is 5.87. The molecule has 0 bridgehead atoms. The first-order valence-corrected chi connectivity index (χ1v) is 11.7. The summed E-state index contributed by atoms with van der Waals surface area (Å²) in [7, 11) is 0. The molecule has 2 unspecified atom stereocenters. The highest BCUT2D eigenvalue weighted by Gasteiger charge is 2.36. The number of carbonyl (C=O) groups excluding carboxylic acids is 2. The van der Waals surface area contributed by atoms with Crippen molar-refractivity contribution in [3.63, 3.8) is 0 Å². The Morgan fingerprint density at radius 3 is 2.07 bits per heavy atom. The van der Waals surface area contributed by atoms with Gasteiger partial charge >= 0.3 is 0 Å². The minimum atomic E-state index is -0.322. The summed E-state index contributed by atoms with van der Waals surface area (Å²) in [6, 6.07) is 0. The van der Waals surface area contributed by atoms with Crippen LogP contribution in [0.3, 0.4) is 0 Å². The van der Waals surface area contributed by atoms with Crippen molar-refractivity contribution in [2.45, 2.75) is 78.6 Å². The van der Waals surface area contributed by atoms with Crippen molar-refractivity contribution in [1.29, 1.82) is 0 Å². The molecule has 5 heteroatoms. The fourth-order valence-corrected chi connectivity index (χ4v) is 5.12. The smallest absolute Gasteiger partial charge is 0.226 e. The van der Waals surface area contributed by atoms with Gasteiger partial charge in [-0.25, -0.2) is 0 Å². The number of hydrogen-bond donors (Lipinski definition) is 2. The Hall–Kier alpha value is -1.10. The maximum Gasteiger partial charge on any atom is 0.226 e. The number of amides is 2. The molecule has 2 aliphatic rings. The van der Waals surface area contributed by atoms with E-state index in [1.54, 1.807) is 0 Å². The first-order chi connectivity index (χ1) is 13.4. The van der Waals surface area contributed by atoms with Crippen LogP contribution in [0, 0.1) is 29.6 Å². The molecule has 2 saturated heterocycles. The van der Waals surface area contributed by atoms with Gasteiger partial charge in [0.05, 0.1) is 0 Å². The number of nitrogens with two attached hydrogens (primary N) is 1. The van der Waals surface area contributed by atoms with Gasteiger partial charge in [-0.1, -0.05) is 40.0 Å². The molecule has 0 aromatic heterocycles. The van der Waals surface area contributed by atoms with Crippen molar-refractivity contribution < 1.29 is 9.59 Å². The standard InChI is InChI=1S/C23H43N3O2/c1-4-5-20(22(24)27)21(16-17(2)3)23(28)26-14-10-19(11-15-26)7-6-18-8-12-25-13-9-18/h17-21,25H,4-16H2,1-3H3,(H2,24,27). The molecular weight excluding hydrogens is 350 g/mol. The number of rotatable bonds is 10. The van der Waals surface area contributed by atoms with Crippen LogP contribution in [-0.2, 0) is 9.59 Å². The molecule has 2 heterocycles. The highest BCUT2D eigenvalue weighted by atomic mass is 16.2. The lowest BCUT2D eigenvalue weighted by Gasteiger charge is -2.37. The van der Waals surface area contributed by atoms with Gasteiger partial charge in [0.1, 0.15) is 0 Å². The van der Waals surface area contributed by atoms with E-state index in [1.807, 2.05) is 4.90 Å². The summed E-state index contributed by atoms with van der Waals surface area (Å²) < 4.78 is 0. The van der Waals surface area contributed by atoms with Crippen molar-refractivity contribution in [1.82, 2.24) is 10.2 Å². The molecular formula is C23H43N3O2. The third kappa shape index (κ3) is 7.06. The molecule has 5 nitrogen and oxygen atoms in total. The molecule has 0 saturated carbocycles. The molecule has 0 aromatic carbocycles. The third-order valence-electron chi connectivity index (χ3n) is 6.86. The molecule has 0 aliphatic carbocycles. The predicted molar refractivity (Wildman–Crippen MR) is 115 cm³/mol. The van der Waals surface area contributed by atoms with E-state index in [9.17, 15) is 9.59 Å². The first-order valence-electron chi connectivity index (χ1n) is 11.7. The SMILES string of the molecule is CCCC(C(N)=O)C(CC(C)C)C(=O)N1CCC(CCC2CCNCC2)CC1. The number of carbonyl (C=O) groups is 2. The predicted octanol–water partition coefficient (Wildman–Crippen LogP) is 3.57. The minimum absolute atomic E-state index is 0.169. The second-order valence-corrected chi connectivity index (χ2v) is 9.57. The van der Waals surface area contributed by atoms with E-state index in [2.05, 4.69) is 26.1 Å². The van der Waals surface area contributed by atoms with Gasteiger partial charge in [0.25, 0.3) is 0 Å². The second kappa shape index (κ2) is 11.8. The summed E-state index contributed by atoms with van der Waals surface area (Å²) in [4.78, 5) is 27.3. The van der Waals surface area contributed by atoms with Crippen LogP contribution in [0.1, 0.15) is 78.6 Å². The van der Waals surface area contributed by atoms with Crippen LogP contribution in [0.2, 0.25) is 0 Å². The van der Waals surface area contributed by atoms with Gasteiger partial charge < -0.3 is 16.0 Å². The molecule has 2 aliphatic heterocycles. The van der Waals surface area contributed by atoms with Gasteiger partial charge in [0.2, 0.25) is 11.8 Å². The summed E-state index contributed by atoms with van der Waals surface area (Å²) in [6.07, 6.45) is 9.86. The van der Waals surface area contributed by atoms with Gasteiger partial charge in [0.15, 0.2) is 0 Å². The average molecular weight is 394 g/mol. The van der Waals surface area contributed by atoms with Gasteiger partial charge in [-0.3, -0.25) is 9.59 Å². The zero-order valence-electron chi connectivity index (χ0n) is 18.4. The summed E-state index contributed by atoms with van der Waals surface area (Å²) >= 11 is 0. The summed E-state index contributed by atoms with van der Waals surface area (Å²) in [5, 5.41) is 3.44. The summed E-state index contributed by atoms with van der Waals surface area (Å²) in [6.45, 7) is 10.3. The maximum absolute atomic E-state index is 13.3. The molecule has 2 amide bonds. The second-order valence-electron chi connectivity index (χ2n) is 9.57. The average Bonchev–Trinajstić information content (AvgIpc) is 2.69. The van der Waals surface area contributed by atoms with E-state index in [1.165, 1.54) is 38.8 Å². The lowest BCUT2D eigenvalue weighted by atomic mass is 9.80. The van der Waals surface area contributed by atoms with Crippen molar-refractivity contribution in [3.8, 4) is 0 Å². The number of likely N-dealkylation sites (tertiary alicyclic amines) is 1. The van der Waals surface area contributed by atoms with Gasteiger partial charge in [-0.15, -0.1) is 0 Å². The van der Waals surface area contributed by atoms with Crippen LogP contribution in [-0.4, -0.2) is 42.9 Å². The van der Waals surface area contributed by atoms with Crippen LogP contribution >= 0.6 is 0 Å². The normalized spacial score (nSPS) is 21.6. The van der Waals surface area contributed by atoms with Crippen molar-refractivity contribution in [2.24, 2.45) is 35.3 Å². The summed E-state index contributed by atoms with van der Waals surface area (Å²) in [5.41, 5.74) is 5.69. The Morgan fingerprint density at radius 1 is 1.00 bits per heavy atom. The van der Waals surface area contributed by atoms with Gasteiger partial charge in [-0.05, 0) is 69.4 Å². The molecule has 3 N–H and O–H groups in total.